The highest BCUT2D eigenvalue weighted by Crippen LogP contribution is 2.28. The second kappa shape index (κ2) is 5.00. The van der Waals surface area contributed by atoms with Crippen LogP contribution in [0.3, 0.4) is 0 Å². The van der Waals surface area contributed by atoms with Crippen LogP contribution in [0.2, 0.25) is 0 Å². The van der Waals surface area contributed by atoms with E-state index in [1.54, 1.807) is 0 Å². The minimum absolute atomic E-state index is 0.0477. The van der Waals surface area contributed by atoms with Crippen LogP contribution in [-0.4, -0.2) is 36.6 Å². The number of rotatable bonds is 3. The molecule has 0 spiro atoms. The topological polar surface area (TPSA) is 106 Å². The summed E-state index contributed by atoms with van der Waals surface area (Å²) in [7, 11) is -4.61. The number of nitrogen functional groups attached to an aromatic ring is 1. The monoisotopic (exact) mass is 352 g/mol. The molecule has 104 valence electrons. The lowest BCUT2D eigenvalue weighted by atomic mass is 10.1. The Balaban J connectivity index is 2.20. The van der Waals surface area contributed by atoms with E-state index < -0.39 is 21.9 Å². The smallest absolute Gasteiger partial charge is 0.302 e. The Bertz CT molecular complexity index is 624. The maximum Gasteiger partial charge on any atom is 0.302 e. The third kappa shape index (κ3) is 3.38. The maximum atomic E-state index is 12.6. The number of aromatic nitrogens is 2. The zero-order valence-corrected chi connectivity index (χ0v) is 12.0. The van der Waals surface area contributed by atoms with E-state index in [2.05, 4.69) is 25.9 Å². The van der Waals surface area contributed by atoms with Crippen molar-refractivity contribution >= 4 is 43.7 Å². The van der Waals surface area contributed by atoms with Gasteiger partial charge in [-0.2, -0.15) is 8.42 Å². The van der Waals surface area contributed by atoms with Crippen molar-refractivity contribution in [2.45, 2.75) is 6.42 Å². The van der Waals surface area contributed by atoms with Crippen LogP contribution < -0.4 is 10.6 Å². The number of halogens is 2. The summed E-state index contributed by atoms with van der Waals surface area (Å²) < 4.78 is 34.2. The first-order valence-electron chi connectivity index (χ1n) is 5.27. The highest BCUT2D eigenvalue weighted by Gasteiger charge is 2.35. The predicted molar refractivity (Wildman–Crippen MR) is 69.5 cm³/mol. The average Bonchev–Trinajstić information content (AvgIpc) is 2.56. The van der Waals surface area contributed by atoms with Crippen molar-refractivity contribution < 1.29 is 17.1 Å². The Kier molecular flexibility index (Phi) is 3.72. The molecule has 1 aliphatic rings. The Hall–Kier alpha value is -1.29. The van der Waals surface area contributed by atoms with Crippen molar-refractivity contribution in [1.29, 1.82) is 0 Å². The molecule has 0 bridgehead atoms. The molecule has 1 fully saturated rings. The van der Waals surface area contributed by atoms with Gasteiger partial charge in [0.25, 0.3) is 0 Å². The molecule has 2 heterocycles. The molecule has 0 aliphatic carbocycles. The molecule has 0 aromatic carbocycles. The first-order chi connectivity index (χ1) is 8.76. The highest BCUT2D eigenvalue weighted by atomic mass is 79.9. The predicted octanol–water partition coefficient (Wildman–Crippen LogP) is 0.474. The molecular formula is C9H10BrFN4O3S. The lowest BCUT2D eigenvalue weighted by molar-refractivity contribution is -0.117. The molecule has 0 radical (unpaired) electrons. The molecule has 1 aromatic rings. The van der Waals surface area contributed by atoms with Crippen molar-refractivity contribution in [1.82, 2.24) is 9.97 Å². The molecule has 1 saturated heterocycles. The highest BCUT2D eigenvalue weighted by molar-refractivity contribution is 9.10. The van der Waals surface area contributed by atoms with Gasteiger partial charge < -0.3 is 5.73 Å². The van der Waals surface area contributed by atoms with Gasteiger partial charge in [0.2, 0.25) is 5.91 Å². The SMILES string of the molecule is Nc1nc(Br)cnc1N1CC(CS(=O)(=O)F)CC1=O. The van der Waals surface area contributed by atoms with E-state index in [9.17, 15) is 17.1 Å². The number of anilines is 2. The van der Waals surface area contributed by atoms with Crippen LogP contribution in [0.1, 0.15) is 6.42 Å². The van der Waals surface area contributed by atoms with E-state index in [-0.39, 0.29) is 30.5 Å². The van der Waals surface area contributed by atoms with Crippen LogP contribution in [0.5, 0.6) is 0 Å². The standard InChI is InChI=1S/C9H10BrFN4O3S/c10-6-2-13-9(8(12)14-6)15-3-5(1-7(15)16)4-19(11,17)18/h2,5H,1,3-4H2,(H2,12,14). The maximum absolute atomic E-state index is 12.6. The minimum atomic E-state index is -4.61. The Morgan fingerprint density at radius 3 is 2.84 bits per heavy atom. The summed E-state index contributed by atoms with van der Waals surface area (Å²) in [6.45, 7) is 0.0580. The zero-order chi connectivity index (χ0) is 14.2. The molecule has 2 rings (SSSR count). The lowest BCUT2D eigenvalue weighted by Crippen LogP contribution is -2.27. The van der Waals surface area contributed by atoms with Gasteiger partial charge in [-0.25, -0.2) is 9.97 Å². The molecule has 7 nitrogen and oxygen atoms in total. The van der Waals surface area contributed by atoms with Gasteiger partial charge in [0.05, 0.1) is 11.9 Å². The van der Waals surface area contributed by atoms with Crippen LogP contribution in [0, 0.1) is 5.92 Å². The van der Waals surface area contributed by atoms with Crippen molar-refractivity contribution in [3.05, 3.63) is 10.8 Å². The van der Waals surface area contributed by atoms with Gasteiger partial charge in [-0.1, -0.05) is 0 Å². The van der Waals surface area contributed by atoms with E-state index in [0.717, 1.165) is 0 Å². The van der Waals surface area contributed by atoms with Crippen molar-refractivity contribution in [3.63, 3.8) is 0 Å². The van der Waals surface area contributed by atoms with Crippen LogP contribution in [-0.2, 0) is 15.0 Å². The molecule has 19 heavy (non-hydrogen) atoms. The molecule has 1 aromatic heterocycles. The number of nitrogens with zero attached hydrogens (tertiary/aromatic N) is 3. The number of carbonyl (C=O) groups excluding carboxylic acids is 1. The largest absolute Gasteiger partial charge is 0.381 e. The van der Waals surface area contributed by atoms with Gasteiger partial charge in [0.15, 0.2) is 11.6 Å². The van der Waals surface area contributed by atoms with Gasteiger partial charge >= 0.3 is 10.2 Å². The normalized spacial score (nSPS) is 20.0. The Morgan fingerprint density at radius 1 is 1.58 bits per heavy atom. The first-order valence-corrected chi connectivity index (χ1v) is 7.61. The van der Waals surface area contributed by atoms with Gasteiger partial charge in [-0.05, 0) is 15.9 Å². The summed E-state index contributed by atoms with van der Waals surface area (Å²) >= 11 is 3.09. The summed E-state index contributed by atoms with van der Waals surface area (Å²) in [5, 5.41) is 0. The summed E-state index contributed by atoms with van der Waals surface area (Å²) in [6, 6.07) is 0. The first kappa shape index (κ1) is 14.1. The number of hydrogen-bond acceptors (Lipinski definition) is 6. The molecule has 1 amide bonds. The molecular weight excluding hydrogens is 343 g/mol. The van der Waals surface area contributed by atoms with E-state index in [1.807, 2.05) is 0 Å². The van der Waals surface area contributed by atoms with Crippen LogP contribution in [0.15, 0.2) is 10.8 Å². The summed E-state index contributed by atoms with van der Waals surface area (Å²) in [6.07, 6.45) is 1.32. The molecule has 1 unspecified atom stereocenters. The van der Waals surface area contributed by atoms with Crippen LogP contribution in [0.25, 0.3) is 0 Å². The third-order valence-electron chi connectivity index (χ3n) is 2.65. The van der Waals surface area contributed by atoms with E-state index in [4.69, 9.17) is 5.73 Å². The fourth-order valence-corrected chi connectivity index (χ4v) is 3.04. The number of amides is 1. The Labute approximate surface area is 117 Å². The second-order valence-electron chi connectivity index (χ2n) is 4.18. The molecule has 0 saturated carbocycles. The van der Waals surface area contributed by atoms with E-state index in [1.165, 1.54) is 11.1 Å². The number of carbonyl (C=O) groups is 1. The van der Waals surface area contributed by atoms with Crippen molar-refractivity contribution in [2.75, 3.05) is 22.9 Å². The van der Waals surface area contributed by atoms with Gasteiger partial charge in [0.1, 0.15) is 4.60 Å². The van der Waals surface area contributed by atoms with Crippen LogP contribution in [0.4, 0.5) is 15.5 Å². The van der Waals surface area contributed by atoms with Gasteiger partial charge in [-0.3, -0.25) is 9.69 Å². The molecule has 2 N–H and O–H groups in total. The second-order valence-corrected chi connectivity index (χ2v) is 6.41. The summed E-state index contributed by atoms with van der Waals surface area (Å²) in [5.41, 5.74) is 5.65. The van der Waals surface area contributed by atoms with Gasteiger partial charge in [0, 0.05) is 18.9 Å². The minimum Gasteiger partial charge on any atom is -0.381 e. The Morgan fingerprint density at radius 2 is 2.26 bits per heavy atom. The number of hydrogen-bond donors (Lipinski definition) is 1. The average molecular weight is 353 g/mol. The lowest BCUT2D eigenvalue weighted by Gasteiger charge is -2.16. The van der Waals surface area contributed by atoms with E-state index >= 15 is 0 Å². The van der Waals surface area contributed by atoms with Crippen molar-refractivity contribution in [2.24, 2.45) is 5.92 Å². The quantitative estimate of drug-likeness (QED) is 0.792. The summed E-state index contributed by atoms with van der Waals surface area (Å²) in [4.78, 5) is 20.9. The fourth-order valence-electron chi connectivity index (χ4n) is 1.96. The fraction of sp³-hybridized carbons (Fsp3) is 0.444. The van der Waals surface area contributed by atoms with E-state index in [0.29, 0.717) is 4.60 Å². The molecule has 10 heteroatoms. The third-order valence-corrected chi connectivity index (χ3v) is 3.90. The van der Waals surface area contributed by atoms with Gasteiger partial charge in [-0.15, -0.1) is 3.89 Å². The summed E-state index contributed by atoms with van der Waals surface area (Å²) in [5.74, 6) is -1.43. The van der Waals surface area contributed by atoms with Crippen molar-refractivity contribution in [3.8, 4) is 0 Å². The molecule has 1 atom stereocenters. The number of nitrogens with two attached hydrogens (primary N) is 1. The molecule has 1 aliphatic heterocycles. The zero-order valence-electron chi connectivity index (χ0n) is 9.58. The van der Waals surface area contributed by atoms with Crippen LogP contribution >= 0.6 is 15.9 Å².